The van der Waals surface area contributed by atoms with E-state index >= 15 is 0 Å². The van der Waals surface area contributed by atoms with E-state index in [9.17, 15) is 4.79 Å². The standard InChI is InChI=1S/C9H17NO2/c1-6(2)10-9(12)5-7-3-8(11)4-7/h6-8,11H,3-5H2,1-2H3,(H,10,12). The van der Waals surface area contributed by atoms with Crippen molar-refractivity contribution in [1.29, 1.82) is 0 Å². The largest absolute Gasteiger partial charge is 0.393 e. The molecule has 2 N–H and O–H groups in total. The van der Waals surface area contributed by atoms with Crippen LogP contribution in [-0.4, -0.2) is 23.2 Å². The van der Waals surface area contributed by atoms with Gasteiger partial charge in [-0.05, 0) is 32.6 Å². The third kappa shape index (κ3) is 2.81. The summed E-state index contributed by atoms with van der Waals surface area (Å²) in [7, 11) is 0. The highest BCUT2D eigenvalue weighted by molar-refractivity contribution is 5.76. The number of aliphatic hydroxyl groups excluding tert-OH is 1. The summed E-state index contributed by atoms with van der Waals surface area (Å²) in [6.07, 6.45) is 2.02. The topological polar surface area (TPSA) is 49.3 Å². The molecule has 0 aliphatic heterocycles. The van der Waals surface area contributed by atoms with Crippen LogP contribution in [0, 0.1) is 5.92 Å². The number of nitrogens with one attached hydrogen (secondary N) is 1. The van der Waals surface area contributed by atoms with Crippen molar-refractivity contribution >= 4 is 5.91 Å². The first kappa shape index (κ1) is 9.52. The van der Waals surface area contributed by atoms with Crippen molar-refractivity contribution in [1.82, 2.24) is 5.32 Å². The van der Waals surface area contributed by atoms with Gasteiger partial charge in [0.05, 0.1) is 6.10 Å². The molecule has 0 aromatic carbocycles. The van der Waals surface area contributed by atoms with E-state index in [1.165, 1.54) is 0 Å². The minimum absolute atomic E-state index is 0.113. The number of hydrogen-bond donors (Lipinski definition) is 2. The van der Waals surface area contributed by atoms with Gasteiger partial charge in [-0.25, -0.2) is 0 Å². The number of amides is 1. The Hall–Kier alpha value is -0.570. The van der Waals surface area contributed by atoms with Crippen molar-refractivity contribution < 1.29 is 9.90 Å². The Morgan fingerprint density at radius 3 is 2.58 bits per heavy atom. The molecule has 3 heteroatoms. The van der Waals surface area contributed by atoms with Gasteiger partial charge in [0.1, 0.15) is 0 Å². The van der Waals surface area contributed by atoms with Crippen LogP contribution in [0.3, 0.4) is 0 Å². The number of carbonyl (C=O) groups is 1. The Morgan fingerprint density at radius 1 is 1.58 bits per heavy atom. The van der Waals surface area contributed by atoms with Crippen LogP contribution in [0.15, 0.2) is 0 Å². The molecule has 1 aliphatic carbocycles. The second kappa shape index (κ2) is 3.90. The number of hydrogen-bond acceptors (Lipinski definition) is 2. The highest BCUT2D eigenvalue weighted by Gasteiger charge is 2.28. The fourth-order valence-corrected chi connectivity index (χ4v) is 1.51. The van der Waals surface area contributed by atoms with E-state index in [0.717, 1.165) is 12.8 Å². The fraction of sp³-hybridized carbons (Fsp3) is 0.889. The van der Waals surface area contributed by atoms with E-state index in [1.54, 1.807) is 0 Å². The zero-order valence-corrected chi connectivity index (χ0v) is 7.71. The Balaban J connectivity index is 2.11. The van der Waals surface area contributed by atoms with E-state index in [-0.39, 0.29) is 18.1 Å². The highest BCUT2D eigenvalue weighted by atomic mass is 16.3. The third-order valence-electron chi connectivity index (χ3n) is 2.13. The van der Waals surface area contributed by atoms with Crippen LogP contribution in [0.1, 0.15) is 33.1 Å². The Bertz CT molecular complexity index is 162. The molecule has 0 saturated heterocycles. The average Bonchev–Trinajstić information content (AvgIpc) is 1.82. The van der Waals surface area contributed by atoms with Crippen LogP contribution < -0.4 is 5.32 Å². The van der Waals surface area contributed by atoms with Gasteiger partial charge in [-0.3, -0.25) is 4.79 Å². The van der Waals surface area contributed by atoms with Crippen LogP contribution in [0.2, 0.25) is 0 Å². The summed E-state index contributed by atoms with van der Waals surface area (Å²) in [5.41, 5.74) is 0. The molecule has 0 unspecified atom stereocenters. The van der Waals surface area contributed by atoms with Gasteiger partial charge in [0.2, 0.25) is 5.91 Å². The molecule has 0 aromatic rings. The predicted molar refractivity (Wildman–Crippen MR) is 46.6 cm³/mol. The lowest BCUT2D eigenvalue weighted by atomic mass is 9.80. The van der Waals surface area contributed by atoms with Crippen molar-refractivity contribution in [2.75, 3.05) is 0 Å². The highest BCUT2D eigenvalue weighted by Crippen LogP contribution is 2.29. The molecule has 12 heavy (non-hydrogen) atoms. The van der Waals surface area contributed by atoms with E-state index < -0.39 is 0 Å². The van der Waals surface area contributed by atoms with Crippen LogP contribution in [0.4, 0.5) is 0 Å². The number of aliphatic hydroxyl groups is 1. The number of carbonyl (C=O) groups excluding carboxylic acids is 1. The Morgan fingerprint density at radius 2 is 2.17 bits per heavy atom. The van der Waals surface area contributed by atoms with E-state index in [4.69, 9.17) is 5.11 Å². The molecule has 0 atom stereocenters. The summed E-state index contributed by atoms with van der Waals surface area (Å²) in [4.78, 5) is 11.2. The first-order valence-corrected chi connectivity index (χ1v) is 4.55. The van der Waals surface area contributed by atoms with Crippen LogP contribution in [0.25, 0.3) is 0 Å². The van der Waals surface area contributed by atoms with Crippen LogP contribution in [-0.2, 0) is 4.79 Å². The first-order chi connectivity index (χ1) is 5.58. The summed E-state index contributed by atoms with van der Waals surface area (Å²) >= 11 is 0. The molecule has 1 fully saturated rings. The van der Waals surface area contributed by atoms with Gasteiger partial charge in [0, 0.05) is 12.5 Å². The molecule has 1 saturated carbocycles. The Labute approximate surface area is 73.2 Å². The van der Waals surface area contributed by atoms with Gasteiger partial charge in [-0.2, -0.15) is 0 Å². The molecule has 0 radical (unpaired) electrons. The van der Waals surface area contributed by atoms with E-state index in [1.807, 2.05) is 13.8 Å². The zero-order valence-electron chi connectivity index (χ0n) is 7.71. The van der Waals surface area contributed by atoms with E-state index in [0.29, 0.717) is 12.3 Å². The van der Waals surface area contributed by atoms with Gasteiger partial charge in [-0.15, -0.1) is 0 Å². The monoisotopic (exact) mass is 171 g/mol. The Kier molecular flexibility index (Phi) is 3.09. The molecular weight excluding hydrogens is 154 g/mol. The zero-order chi connectivity index (χ0) is 9.14. The van der Waals surface area contributed by atoms with Gasteiger partial charge < -0.3 is 10.4 Å². The predicted octanol–water partition coefficient (Wildman–Crippen LogP) is 0.672. The second-order valence-corrected chi connectivity index (χ2v) is 3.92. The summed E-state index contributed by atoms with van der Waals surface area (Å²) < 4.78 is 0. The van der Waals surface area contributed by atoms with Crippen molar-refractivity contribution in [3.8, 4) is 0 Å². The van der Waals surface area contributed by atoms with Crippen molar-refractivity contribution in [3.63, 3.8) is 0 Å². The van der Waals surface area contributed by atoms with Crippen molar-refractivity contribution in [3.05, 3.63) is 0 Å². The quantitative estimate of drug-likeness (QED) is 0.655. The summed E-state index contributed by atoms with van der Waals surface area (Å²) in [6.45, 7) is 3.90. The summed E-state index contributed by atoms with van der Waals surface area (Å²) in [5, 5.41) is 11.8. The van der Waals surface area contributed by atoms with E-state index in [2.05, 4.69) is 5.32 Å². The molecule has 0 bridgehead atoms. The van der Waals surface area contributed by atoms with Crippen LogP contribution >= 0.6 is 0 Å². The second-order valence-electron chi connectivity index (χ2n) is 3.92. The summed E-state index contributed by atoms with van der Waals surface area (Å²) in [6, 6.07) is 0.225. The molecule has 1 rings (SSSR count). The molecule has 1 amide bonds. The van der Waals surface area contributed by atoms with Gasteiger partial charge in [-0.1, -0.05) is 0 Å². The number of rotatable bonds is 3. The van der Waals surface area contributed by atoms with Crippen LogP contribution in [0.5, 0.6) is 0 Å². The lowest BCUT2D eigenvalue weighted by Crippen LogP contribution is -2.36. The van der Waals surface area contributed by atoms with Gasteiger partial charge in [0.25, 0.3) is 0 Å². The first-order valence-electron chi connectivity index (χ1n) is 4.55. The van der Waals surface area contributed by atoms with Gasteiger partial charge >= 0.3 is 0 Å². The minimum Gasteiger partial charge on any atom is -0.393 e. The molecule has 0 aromatic heterocycles. The maximum atomic E-state index is 11.2. The molecule has 3 nitrogen and oxygen atoms in total. The fourth-order valence-electron chi connectivity index (χ4n) is 1.51. The molecule has 0 spiro atoms. The maximum Gasteiger partial charge on any atom is 0.220 e. The SMILES string of the molecule is CC(C)NC(=O)CC1CC(O)C1. The average molecular weight is 171 g/mol. The molecule has 70 valence electrons. The van der Waals surface area contributed by atoms with Crippen molar-refractivity contribution in [2.24, 2.45) is 5.92 Å². The van der Waals surface area contributed by atoms with Crippen molar-refractivity contribution in [2.45, 2.75) is 45.3 Å². The molecular formula is C9H17NO2. The van der Waals surface area contributed by atoms with Gasteiger partial charge in [0.15, 0.2) is 0 Å². The molecule has 1 aliphatic rings. The smallest absolute Gasteiger partial charge is 0.220 e. The molecule has 0 heterocycles. The summed E-state index contributed by atoms with van der Waals surface area (Å²) in [5.74, 6) is 0.528. The minimum atomic E-state index is -0.151. The lowest BCUT2D eigenvalue weighted by Gasteiger charge is -2.30. The third-order valence-corrected chi connectivity index (χ3v) is 2.13. The lowest BCUT2D eigenvalue weighted by molar-refractivity contribution is -0.124. The maximum absolute atomic E-state index is 11.2. The normalized spacial score (nSPS) is 28.3.